The van der Waals surface area contributed by atoms with Gasteiger partial charge in [-0.2, -0.15) is 0 Å². The zero-order valence-electron chi connectivity index (χ0n) is 16.8. The van der Waals surface area contributed by atoms with E-state index in [0.717, 1.165) is 39.7 Å². The van der Waals surface area contributed by atoms with E-state index in [-0.39, 0.29) is 30.5 Å². The van der Waals surface area contributed by atoms with Crippen molar-refractivity contribution in [1.29, 1.82) is 0 Å². The van der Waals surface area contributed by atoms with Gasteiger partial charge in [-0.25, -0.2) is 4.98 Å². The van der Waals surface area contributed by atoms with Crippen LogP contribution in [0.4, 0.5) is 11.4 Å². The standard InChI is InChI=1S/C25H21N3O3/c29-21-12-17(16-5-6-22-23(13-16)31-14-30-22)11-20-24(21)25(15-7-9-26-10-8-15)28-19-4-2-1-3-18(19)27-20/h1-11,13,17,24-25,27-28H,12,14H2/p+1. The summed E-state index contributed by atoms with van der Waals surface area (Å²) < 4.78 is 11.0. The molecule has 31 heavy (non-hydrogen) atoms. The maximum atomic E-state index is 13.5. The molecular weight excluding hydrogens is 390 g/mol. The van der Waals surface area contributed by atoms with Gasteiger partial charge in [-0.1, -0.05) is 24.3 Å². The number of H-pyrrole nitrogens is 1. The first kappa shape index (κ1) is 18.0. The van der Waals surface area contributed by atoms with E-state index in [0.29, 0.717) is 6.42 Å². The summed E-state index contributed by atoms with van der Waals surface area (Å²) in [6.07, 6.45) is 6.44. The Bertz CT molecular complexity index is 1190. The summed E-state index contributed by atoms with van der Waals surface area (Å²) >= 11 is 0. The lowest BCUT2D eigenvalue weighted by atomic mass is 9.76. The topological polar surface area (TPSA) is 73.7 Å². The number of pyridine rings is 1. The SMILES string of the molecule is O=C1CC(c2ccc3c(c2)OCO3)C=C2Nc3ccccc3NC(c3cc[nH+]cc3)C12. The summed E-state index contributed by atoms with van der Waals surface area (Å²) in [5, 5.41) is 7.18. The highest BCUT2D eigenvalue weighted by Crippen LogP contribution is 2.45. The van der Waals surface area contributed by atoms with Crippen LogP contribution in [-0.2, 0) is 4.79 Å². The van der Waals surface area contributed by atoms with Gasteiger partial charge < -0.3 is 20.1 Å². The number of carbonyl (C=O) groups excluding carboxylic acids is 1. The number of carbonyl (C=O) groups is 1. The Hall–Kier alpha value is -3.80. The molecule has 2 aliphatic heterocycles. The first-order valence-electron chi connectivity index (χ1n) is 10.5. The summed E-state index contributed by atoms with van der Waals surface area (Å²) in [4.78, 5) is 16.6. The molecule has 0 bridgehead atoms. The minimum atomic E-state index is -0.292. The lowest BCUT2D eigenvalue weighted by molar-refractivity contribution is -0.378. The van der Waals surface area contributed by atoms with Crippen molar-refractivity contribution in [3.8, 4) is 11.5 Å². The van der Waals surface area contributed by atoms with Crippen LogP contribution in [0.5, 0.6) is 11.5 Å². The molecule has 6 nitrogen and oxygen atoms in total. The fourth-order valence-electron chi connectivity index (χ4n) is 4.75. The number of anilines is 2. The third kappa shape index (κ3) is 3.11. The van der Waals surface area contributed by atoms with E-state index in [4.69, 9.17) is 9.47 Å². The van der Waals surface area contributed by atoms with Gasteiger partial charge in [0.2, 0.25) is 6.79 Å². The number of hydrogen-bond acceptors (Lipinski definition) is 5. The summed E-state index contributed by atoms with van der Waals surface area (Å²) in [6.45, 7) is 0.242. The molecule has 0 radical (unpaired) electrons. The Kier molecular flexibility index (Phi) is 4.16. The molecule has 3 heterocycles. The molecule has 6 heteroatoms. The van der Waals surface area contributed by atoms with E-state index >= 15 is 0 Å². The fraction of sp³-hybridized carbons (Fsp3) is 0.200. The van der Waals surface area contributed by atoms with Crippen LogP contribution in [0.15, 0.2) is 78.8 Å². The average Bonchev–Trinajstić information content (AvgIpc) is 3.20. The van der Waals surface area contributed by atoms with Crippen molar-refractivity contribution < 1.29 is 19.3 Å². The van der Waals surface area contributed by atoms with Crippen molar-refractivity contribution in [1.82, 2.24) is 0 Å². The molecule has 0 saturated heterocycles. The highest BCUT2D eigenvalue weighted by atomic mass is 16.7. The van der Waals surface area contributed by atoms with E-state index in [1.54, 1.807) is 0 Å². The Balaban J connectivity index is 1.44. The highest BCUT2D eigenvalue weighted by molar-refractivity contribution is 5.90. The molecule has 0 amide bonds. The molecular formula is C25H22N3O3+. The van der Waals surface area contributed by atoms with Crippen LogP contribution in [0.2, 0.25) is 0 Å². The van der Waals surface area contributed by atoms with Gasteiger partial charge in [0, 0.05) is 30.2 Å². The summed E-state index contributed by atoms with van der Waals surface area (Å²) in [5.41, 5.74) is 5.03. The Labute approximate surface area is 179 Å². The van der Waals surface area contributed by atoms with E-state index in [2.05, 4.69) is 21.7 Å². The van der Waals surface area contributed by atoms with E-state index in [9.17, 15) is 4.79 Å². The fourth-order valence-corrected chi connectivity index (χ4v) is 4.75. The molecule has 0 saturated carbocycles. The second-order valence-corrected chi connectivity index (χ2v) is 8.12. The molecule has 0 fully saturated rings. The maximum Gasteiger partial charge on any atom is 0.231 e. The number of ketones is 1. The molecule has 3 aliphatic rings. The van der Waals surface area contributed by atoms with Gasteiger partial charge in [0.15, 0.2) is 23.9 Å². The van der Waals surface area contributed by atoms with Crippen LogP contribution in [0.3, 0.4) is 0 Å². The Morgan fingerprint density at radius 1 is 0.903 bits per heavy atom. The lowest BCUT2D eigenvalue weighted by Gasteiger charge is -2.32. The van der Waals surface area contributed by atoms with Crippen LogP contribution in [0.1, 0.15) is 29.5 Å². The number of fused-ring (bicyclic) bond motifs is 3. The molecule has 3 atom stereocenters. The number of benzene rings is 2. The molecule has 0 spiro atoms. The van der Waals surface area contributed by atoms with E-state index in [1.165, 1.54) is 0 Å². The van der Waals surface area contributed by atoms with E-state index in [1.807, 2.05) is 67.0 Å². The number of nitrogens with one attached hydrogen (secondary N) is 3. The van der Waals surface area contributed by atoms with E-state index < -0.39 is 0 Å². The van der Waals surface area contributed by atoms with Crippen molar-refractivity contribution in [2.75, 3.05) is 17.4 Å². The van der Waals surface area contributed by atoms with Crippen LogP contribution in [0, 0.1) is 5.92 Å². The number of para-hydroxylation sites is 2. The number of aromatic nitrogens is 1. The Morgan fingerprint density at radius 2 is 1.71 bits per heavy atom. The minimum absolute atomic E-state index is 0.0178. The van der Waals surface area contributed by atoms with Gasteiger partial charge in [0.05, 0.1) is 23.3 Å². The predicted octanol–water partition coefficient (Wildman–Crippen LogP) is 4.06. The molecule has 3 unspecified atom stereocenters. The van der Waals surface area contributed by atoms with Crippen LogP contribution in [0.25, 0.3) is 0 Å². The molecule has 6 rings (SSSR count). The number of ether oxygens (including phenoxy) is 2. The first-order valence-corrected chi connectivity index (χ1v) is 10.5. The van der Waals surface area contributed by atoms with Gasteiger partial charge in [-0.05, 0) is 35.4 Å². The van der Waals surface area contributed by atoms with Crippen LogP contribution >= 0.6 is 0 Å². The quantitative estimate of drug-likeness (QED) is 0.664. The molecule has 1 aromatic heterocycles. The second kappa shape index (κ2) is 7.16. The predicted molar refractivity (Wildman–Crippen MR) is 116 cm³/mol. The summed E-state index contributed by atoms with van der Waals surface area (Å²) in [5.74, 6) is 1.40. The zero-order chi connectivity index (χ0) is 20.8. The van der Waals surface area contributed by atoms with Crippen molar-refractivity contribution in [3.63, 3.8) is 0 Å². The number of aromatic amines is 1. The number of allylic oxidation sites excluding steroid dienone is 1. The number of Topliss-reactive ketones (excluding diaryl/α,β-unsaturated/α-hetero) is 1. The third-order valence-electron chi connectivity index (χ3n) is 6.26. The minimum Gasteiger partial charge on any atom is -0.454 e. The average molecular weight is 412 g/mol. The van der Waals surface area contributed by atoms with Crippen LogP contribution < -0.4 is 25.1 Å². The summed E-state index contributed by atoms with van der Waals surface area (Å²) in [7, 11) is 0. The van der Waals surface area contributed by atoms with Gasteiger partial charge in [-0.3, -0.25) is 4.79 Å². The maximum absolute atomic E-state index is 13.5. The lowest BCUT2D eigenvalue weighted by Crippen LogP contribution is -2.34. The van der Waals surface area contributed by atoms with Gasteiger partial charge in [0.25, 0.3) is 0 Å². The second-order valence-electron chi connectivity index (χ2n) is 8.12. The van der Waals surface area contributed by atoms with Crippen molar-refractivity contribution in [3.05, 3.63) is 89.9 Å². The molecule has 1 aliphatic carbocycles. The molecule has 2 aromatic carbocycles. The zero-order valence-corrected chi connectivity index (χ0v) is 16.8. The van der Waals surface area contributed by atoms with Crippen molar-refractivity contribution in [2.45, 2.75) is 18.4 Å². The summed E-state index contributed by atoms with van der Waals surface area (Å²) in [6, 6.07) is 17.9. The smallest absolute Gasteiger partial charge is 0.231 e. The largest absolute Gasteiger partial charge is 0.454 e. The normalized spacial score (nSPS) is 23.5. The number of rotatable bonds is 2. The first-order chi connectivity index (χ1) is 15.3. The highest BCUT2D eigenvalue weighted by Gasteiger charge is 2.40. The van der Waals surface area contributed by atoms with Gasteiger partial charge in [-0.15, -0.1) is 0 Å². The molecule has 154 valence electrons. The third-order valence-corrected chi connectivity index (χ3v) is 6.26. The van der Waals surface area contributed by atoms with Crippen molar-refractivity contribution in [2.24, 2.45) is 5.92 Å². The number of hydrogen-bond donors (Lipinski definition) is 2. The van der Waals surface area contributed by atoms with Crippen molar-refractivity contribution >= 4 is 17.2 Å². The van der Waals surface area contributed by atoms with Gasteiger partial charge >= 0.3 is 0 Å². The van der Waals surface area contributed by atoms with Gasteiger partial charge in [0.1, 0.15) is 5.78 Å². The molecule has 3 aromatic rings. The Morgan fingerprint density at radius 3 is 2.58 bits per heavy atom. The van der Waals surface area contributed by atoms with Crippen LogP contribution in [-0.4, -0.2) is 12.6 Å². The molecule has 3 N–H and O–H groups in total. The monoisotopic (exact) mass is 412 g/mol.